The average molecular weight is 205 g/mol. The molecule has 0 saturated heterocycles. The fraction of sp³-hybridized carbons (Fsp3) is 0.333. The number of carboxylic acids is 1. The van der Waals surface area contributed by atoms with Crippen LogP contribution < -0.4 is 0 Å². The molecule has 0 bridgehead atoms. The zero-order chi connectivity index (χ0) is 11.1. The van der Waals surface area contributed by atoms with Crippen molar-refractivity contribution in [2.75, 3.05) is 0 Å². The number of nitrogens with zero attached hydrogens (tertiary/aromatic N) is 1. The van der Waals surface area contributed by atoms with Gasteiger partial charge in [0.2, 0.25) is 0 Å². The first-order valence-electron chi connectivity index (χ1n) is 5.00. The maximum atomic E-state index is 10.5. The van der Waals surface area contributed by atoms with Crippen molar-refractivity contribution in [3.63, 3.8) is 0 Å². The number of carboxylic acid groups (broad SMARTS) is 1. The van der Waals surface area contributed by atoms with Gasteiger partial charge in [0.1, 0.15) is 0 Å². The number of hydrogen-bond donors (Lipinski definition) is 1. The fourth-order valence-electron chi connectivity index (χ4n) is 1.32. The number of aliphatic carboxylic acids is 1. The van der Waals surface area contributed by atoms with Crippen molar-refractivity contribution in [3.8, 4) is 0 Å². The molecule has 0 amide bonds. The average Bonchev–Trinajstić information content (AvgIpc) is 2.18. The van der Waals surface area contributed by atoms with Crippen LogP contribution in [-0.2, 0) is 17.6 Å². The summed E-state index contributed by atoms with van der Waals surface area (Å²) in [6.45, 7) is 1.98. The van der Waals surface area contributed by atoms with Crippen LogP contribution in [0.1, 0.15) is 24.7 Å². The number of aryl methyl sites for hydroxylation is 1. The van der Waals surface area contributed by atoms with Gasteiger partial charge >= 0.3 is 5.97 Å². The normalized spacial score (nSPS) is 10.7. The van der Waals surface area contributed by atoms with Crippen LogP contribution in [0.25, 0.3) is 0 Å². The predicted octanol–water partition coefficient (Wildman–Crippen LogP) is 2.22. The van der Waals surface area contributed by atoms with E-state index in [-0.39, 0.29) is 6.42 Å². The number of carbonyl (C=O) groups is 1. The van der Waals surface area contributed by atoms with E-state index in [4.69, 9.17) is 5.11 Å². The topological polar surface area (TPSA) is 50.2 Å². The van der Waals surface area contributed by atoms with Gasteiger partial charge in [0, 0.05) is 5.69 Å². The van der Waals surface area contributed by atoms with Gasteiger partial charge in [0.15, 0.2) is 0 Å². The molecule has 0 aliphatic rings. The molecule has 15 heavy (non-hydrogen) atoms. The number of aromatic nitrogens is 1. The Kier molecular flexibility index (Phi) is 4.54. The predicted molar refractivity (Wildman–Crippen MR) is 58.7 cm³/mol. The zero-order valence-electron chi connectivity index (χ0n) is 8.81. The Labute approximate surface area is 89.5 Å². The molecule has 3 heteroatoms. The molecule has 0 aromatic carbocycles. The highest BCUT2D eigenvalue weighted by atomic mass is 16.4. The van der Waals surface area contributed by atoms with Crippen molar-refractivity contribution < 1.29 is 9.90 Å². The highest BCUT2D eigenvalue weighted by Crippen LogP contribution is 2.03. The van der Waals surface area contributed by atoms with E-state index in [9.17, 15) is 4.79 Å². The second-order valence-corrected chi connectivity index (χ2v) is 3.30. The Morgan fingerprint density at radius 3 is 2.87 bits per heavy atom. The summed E-state index contributed by atoms with van der Waals surface area (Å²) in [4.78, 5) is 14.8. The first kappa shape index (κ1) is 11.4. The smallest absolute Gasteiger partial charge is 0.309 e. The second-order valence-electron chi connectivity index (χ2n) is 3.30. The molecule has 0 saturated carbocycles. The summed E-state index contributed by atoms with van der Waals surface area (Å²) in [5, 5.41) is 8.62. The van der Waals surface area contributed by atoms with Gasteiger partial charge in [-0.15, -0.1) is 0 Å². The third kappa shape index (κ3) is 4.40. The van der Waals surface area contributed by atoms with Crippen LogP contribution in [0.2, 0.25) is 0 Å². The van der Waals surface area contributed by atoms with Gasteiger partial charge in [-0.2, -0.15) is 0 Å². The van der Waals surface area contributed by atoms with Crippen LogP contribution in [0.5, 0.6) is 0 Å². The van der Waals surface area contributed by atoms with Gasteiger partial charge in [-0.25, -0.2) is 0 Å². The van der Waals surface area contributed by atoms with Crippen LogP contribution in [-0.4, -0.2) is 16.1 Å². The van der Waals surface area contributed by atoms with Crippen LogP contribution in [0.3, 0.4) is 0 Å². The summed E-state index contributed by atoms with van der Waals surface area (Å²) in [5.41, 5.74) is 1.58. The Morgan fingerprint density at radius 2 is 2.20 bits per heavy atom. The van der Waals surface area contributed by atoms with E-state index in [0.717, 1.165) is 18.5 Å². The minimum atomic E-state index is -0.840. The van der Waals surface area contributed by atoms with E-state index in [1.807, 2.05) is 25.1 Å². The van der Waals surface area contributed by atoms with Crippen LogP contribution in [0.4, 0.5) is 0 Å². The molecule has 0 aliphatic carbocycles. The largest absolute Gasteiger partial charge is 0.481 e. The Morgan fingerprint density at radius 1 is 1.47 bits per heavy atom. The molecule has 0 atom stereocenters. The molecular weight excluding hydrogens is 190 g/mol. The molecule has 80 valence electrons. The van der Waals surface area contributed by atoms with Crippen LogP contribution >= 0.6 is 0 Å². The SMILES string of the molecule is C/C=C/CCc1cccc(CC(=O)O)n1. The third-order valence-electron chi connectivity index (χ3n) is 2.00. The number of rotatable bonds is 5. The Balaban J connectivity index is 2.61. The van der Waals surface area contributed by atoms with Gasteiger partial charge in [0.05, 0.1) is 12.1 Å². The first-order valence-corrected chi connectivity index (χ1v) is 5.00. The van der Waals surface area contributed by atoms with Crippen molar-refractivity contribution in [1.82, 2.24) is 4.98 Å². The van der Waals surface area contributed by atoms with Crippen LogP contribution in [0.15, 0.2) is 30.4 Å². The van der Waals surface area contributed by atoms with Gasteiger partial charge < -0.3 is 5.11 Å². The molecule has 1 N–H and O–H groups in total. The molecule has 3 nitrogen and oxygen atoms in total. The lowest BCUT2D eigenvalue weighted by Crippen LogP contribution is -2.03. The maximum absolute atomic E-state index is 10.5. The molecule has 1 aromatic heterocycles. The summed E-state index contributed by atoms with van der Waals surface area (Å²) in [7, 11) is 0. The molecule has 0 spiro atoms. The highest BCUT2D eigenvalue weighted by molar-refractivity contribution is 5.69. The van der Waals surface area contributed by atoms with Gasteiger partial charge in [-0.3, -0.25) is 9.78 Å². The van der Waals surface area contributed by atoms with E-state index < -0.39 is 5.97 Å². The molecule has 1 heterocycles. The summed E-state index contributed by atoms with van der Waals surface area (Å²) in [5.74, 6) is -0.840. The number of hydrogen-bond acceptors (Lipinski definition) is 2. The summed E-state index contributed by atoms with van der Waals surface area (Å²) >= 11 is 0. The minimum absolute atomic E-state index is 0.00252. The molecule has 0 fully saturated rings. The standard InChI is InChI=1S/C12H15NO2/c1-2-3-4-6-10-7-5-8-11(13-10)9-12(14)15/h2-3,5,7-8H,4,6,9H2,1H3,(H,14,15)/b3-2+. The Bertz CT molecular complexity index is 358. The third-order valence-corrected chi connectivity index (χ3v) is 2.00. The number of allylic oxidation sites excluding steroid dienone is 2. The van der Waals surface area contributed by atoms with E-state index >= 15 is 0 Å². The summed E-state index contributed by atoms with van der Waals surface area (Å²) < 4.78 is 0. The molecular formula is C12H15NO2. The van der Waals surface area contributed by atoms with Crippen LogP contribution in [0, 0.1) is 0 Å². The number of pyridine rings is 1. The molecule has 0 aliphatic heterocycles. The first-order chi connectivity index (χ1) is 7.22. The van der Waals surface area contributed by atoms with Crippen molar-refractivity contribution >= 4 is 5.97 Å². The molecule has 0 radical (unpaired) electrons. The molecule has 1 aromatic rings. The molecule has 1 rings (SSSR count). The van der Waals surface area contributed by atoms with Gasteiger partial charge in [-0.1, -0.05) is 18.2 Å². The van der Waals surface area contributed by atoms with Crippen molar-refractivity contribution in [2.45, 2.75) is 26.2 Å². The minimum Gasteiger partial charge on any atom is -0.481 e. The maximum Gasteiger partial charge on any atom is 0.309 e. The molecule has 0 unspecified atom stereocenters. The lowest BCUT2D eigenvalue weighted by molar-refractivity contribution is -0.136. The monoisotopic (exact) mass is 205 g/mol. The van der Waals surface area contributed by atoms with Crippen molar-refractivity contribution in [3.05, 3.63) is 41.7 Å². The van der Waals surface area contributed by atoms with E-state index in [1.54, 1.807) is 6.07 Å². The lowest BCUT2D eigenvalue weighted by atomic mass is 10.2. The fourth-order valence-corrected chi connectivity index (χ4v) is 1.32. The van der Waals surface area contributed by atoms with E-state index in [1.165, 1.54) is 0 Å². The second kappa shape index (κ2) is 5.96. The van der Waals surface area contributed by atoms with E-state index in [2.05, 4.69) is 11.1 Å². The van der Waals surface area contributed by atoms with Gasteiger partial charge in [0.25, 0.3) is 0 Å². The summed E-state index contributed by atoms with van der Waals surface area (Å²) in [6, 6.07) is 5.53. The van der Waals surface area contributed by atoms with Crippen molar-refractivity contribution in [2.24, 2.45) is 0 Å². The summed E-state index contributed by atoms with van der Waals surface area (Å²) in [6.07, 6.45) is 5.88. The quantitative estimate of drug-likeness (QED) is 0.750. The van der Waals surface area contributed by atoms with Gasteiger partial charge in [-0.05, 0) is 31.9 Å². The highest BCUT2D eigenvalue weighted by Gasteiger charge is 2.02. The Hall–Kier alpha value is -1.64. The van der Waals surface area contributed by atoms with E-state index in [0.29, 0.717) is 5.69 Å². The lowest BCUT2D eigenvalue weighted by Gasteiger charge is -2.00. The zero-order valence-corrected chi connectivity index (χ0v) is 8.81. The van der Waals surface area contributed by atoms with Crippen molar-refractivity contribution in [1.29, 1.82) is 0 Å².